The minimum atomic E-state index is -3.37. The van der Waals surface area contributed by atoms with Gasteiger partial charge in [0.1, 0.15) is 5.69 Å². The fourth-order valence-corrected chi connectivity index (χ4v) is 3.99. The molecule has 0 atom stereocenters. The van der Waals surface area contributed by atoms with Gasteiger partial charge in [-0.3, -0.25) is 0 Å². The van der Waals surface area contributed by atoms with Crippen molar-refractivity contribution in [2.45, 2.75) is 4.34 Å². The van der Waals surface area contributed by atoms with Crippen LogP contribution in [0.3, 0.4) is 0 Å². The van der Waals surface area contributed by atoms with Gasteiger partial charge in [-0.2, -0.15) is 4.52 Å². The minimum absolute atomic E-state index is 0.0236. The van der Waals surface area contributed by atoms with Crippen LogP contribution in [-0.4, -0.2) is 36.4 Å². The quantitative estimate of drug-likeness (QED) is 0.565. The van der Waals surface area contributed by atoms with E-state index in [4.69, 9.17) is 9.15 Å². The first-order chi connectivity index (χ1) is 11.0. The van der Waals surface area contributed by atoms with Gasteiger partial charge in [0.05, 0.1) is 13.3 Å². The smallest absolute Gasteiger partial charge is 0.232 e. The molecule has 0 spiro atoms. The predicted octanol–water partition coefficient (Wildman–Crippen LogP) is 2.62. The summed E-state index contributed by atoms with van der Waals surface area (Å²) in [5.41, 5.74) is 1.21. The van der Waals surface area contributed by atoms with Crippen LogP contribution >= 0.6 is 11.3 Å². The third-order valence-electron chi connectivity index (χ3n) is 3.36. The Labute approximate surface area is 135 Å². The highest BCUT2D eigenvalue weighted by Crippen LogP contribution is 2.34. The number of hydrogen-bond donors (Lipinski definition) is 0. The highest BCUT2D eigenvalue weighted by atomic mass is 32.2. The van der Waals surface area contributed by atoms with Crippen LogP contribution in [0.15, 0.2) is 39.2 Å². The van der Waals surface area contributed by atoms with E-state index in [0.29, 0.717) is 27.7 Å². The number of fused-ring (bicyclic) bond motifs is 2. The van der Waals surface area contributed by atoms with Crippen molar-refractivity contribution >= 4 is 37.1 Å². The lowest BCUT2D eigenvalue weighted by molar-refractivity contribution is 0.411. The van der Waals surface area contributed by atoms with Crippen molar-refractivity contribution in [1.82, 2.24) is 14.6 Å². The van der Waals surface area contributed by atoms with Crippen LogP contribution in [0, 0.1) is 0 Å². The number of benzene rings is 1. The van der Waals surface area contributed by atoms with Crippen LogP contribution in [0.4, 0.5) is 0 Å². The maximum Gasteiger partial charge on any atom is 0.232 e. The molecule has 0 saturated carbocycles. The van der Waals surface area contributed by atoms with E-state index < -0.39 is 9.84 Å². The molecule has 4 aromatic rings. The van der Waals surface area contributed by atoms with Gasteiger partial charge >= 0.3 is 0 Å². The predicted molar refractivity (Wildman–Crippen MR) is 85.7 cm³/mol. The molecule has 3 heterocycles. The van der Waals surface area contributed by atoms with Crippen LogP contribution in [-0.2, 0) is 9.84 Å². The topological polar surface area (TPSA) is 86.7 Å². The zero-order valence-corrected chi connectivity index (χ0v) is 13.8. The van der Waals surface area contributed by atoms with Crippen LogP contribution in [0.25, 0.3) is 27.4 Å². The van der Waals surface area contributed by atoms with Gasteiger partial charge in [0.25, 0.3) is 0 Å². The number of methoxy groups -OCH3 is 1. The van der Waals surface area contributed by atoms with E-state index >= 15 is 0 Å². The number of para-hydroxylation sites is 1. The molecule has 0 unspecified atom stereocenters. The number of aromatic nitrogens is 3. The summed E-state index contributed by atoms with van der Waals surface area (Å²) in [6.07, 6.45) is 2.73. The SMILES string of the molecule is COc1cccc2cc(-c3cnc4sc(S(C)(=O)=O)nn34)oc12. The monoisotopic (exact) mass is 349 g/mol. The summed E-state index contributed by atoms with van der Waals surface area (Å²) in [4.78, 5) is 4.70. The fourth-order valence-electron chi connectivity index (χ4n) is 2.32. The summed E-state index contributed by atoms with van der Waals surface area (Å²) in [6, 6.07) is 7.44. The Morgan fingerprint density at radius 1 is 1.35 bits per heavy atom. The van der Waals surface area contributed by atoms with Gasteiger partial charge in [-0.1, -0.05) is 23.5 Å². The maximum absolute atomic E-state index is 11.6. The average molecular weight is 349 g/mol. The first-order valence-electron chi connectivity index (χ1n) is 6.59. The minimum Gasteiger partial charge on any atom is -0.493 e. The summed E-state index contributed by atoms with van der Waals surface area (Å²) >= 11 is 1.02. The number of rotatable bonds is 3. The summed E-state index contributed by atoms with van der Waals surface area (Å²) in [5.74, 6) is 1.17. The second kappa shape index (κ2) is 4.80. The molecule has 0 amide bonds. The molecule has 0 saturated heterocycles. The molecule has 0 aliphatic rings. The normalized spacial score (nSPS) is 12.3. The lowest BCUT2D eigenvalue weighted by atomic mass is 10.2. The number of imidazole rings is 1. The first kappa shape index (κ1) is 14.2. The zero-order valence-electron chi connectivity index (χ0n) is 12.2. The van der Waals surface area contributed by atoms with E-state index in [1.165, 1.54) is 4.52 Å². The fraction of sp³-hybridized carbons (Fsp3) is 0.143. The Kier molecular flexibility index (Phi) is 2.97. The lowest BCUT2D eigenvalue weighted by Gasteiger charge is -1.98. The second-order valence-corrected chi connectivity index (χ2v) is 8.11. The third-order valence-corrected chi connectivity index (χ3v) is 5.96. The third kappa shape index (κ3) is 2.20. The molecule has 7 nitrogen and oxygen atoms in total. The molecule has 23 heavy (non-hydrogen) atoms. The van der Waals surface area contributed by atoms with Gasteiger partial charge in [-0.25, -0.2) is 13.4 Å². The second-order valence-electron chi connectivity index (χ2n) is 4.97. The molecule has 0 N–H and O–H groups in total. The number of furan rings is 1. The largest absolute Gasteiger partial charge is 0.493 e. The van der Waals surface area contributed by atoms with E-state index in [1.54, 1.807) is 13.3 Å². The van der Waals surface area contributed by atoms with Crippen molar-refractivity contribution in [2.24, 2.45) is 0 Å². The Bertz CT molecular complexity index is 1140. The van der Waals surface area contributed by atoms with Crippen LogP contribution in [0.1, 0.15) is 0 Å². The van der Waals surface area contributed by atoms with E-state index in [2.05, 4.69) is 10.1 Å². The van der Waals surface area contributed by atoms with Crippen molar-refractivity contribution in [3.8, 4) is 17.2 Å². The molecule has 3 aromatic heterocycles. The number of hydrogen-bond acceptors (Lipinski definition) is 7. The van der Waals surface area contributed by atoms with Crippen LogP contribution in [0.5, 0.6) is 5.75 Å². The Balaban J connectivity index is 1.94. The summed E-state index contributed by atoms with van der Waals surface area (Å²) in [5, 5.41) is 5.01. The van der Waals surface area contributed by atoms with Gasteiger partial charge in [0.2, 0.25) is 19.1 Å². The highest BCUT2D eigenvalue weighted by Gasteiger charge is 2.20. The molecule has 4 rings (SSSR count). The summed E-state index contributed by atoms with van der Waals surface area (Å²) < 4.78 is 35.9. The van der Waals surface area contributed by atoms with E-state index in [0.717, 1.165) is 23.0 Å². The van der Waals surface area contributed by atoms with Crippen molar-refractivity contribution in [3.63, 3.8) is 0 Å². The van der Waals surface area contributed by atoms with E-state index in [9.17, 15) is 8.42 Å². The standard InChI is InChI=1S/C14H11N3O4S2/c1-20-10-5-3-4-8-6-11(21-12(8)10)9-7-15-13-17(9)16-14(22-13)23(2,18)19/h3-7H,1-2H3. The van der Waals surface area contributed by atoms with Gasteiger partial charge < -0.3 is 9.15 Å². The summed E-state index contributed by atoms with van der Waals surface area (Å²) in [6.45, 7) is 0. The van der Waals surface area contributed by atoms with Gasteiger partial charge in [-0.05, 0) is 12.1 Å². The number of ether oxygens (including phenoxy) is 1. The molecule has 0 aliphatic carbocycles. The first-order valence-corrected chi connectivity index (χ1v) is 9.30. The van der Waals surface area contributed by atoms with Crippen molar-refractivity contribution in [3.05, 3.63) is 30.5 Å². The Hall–Kier alpha value is -2.39. The molecule has 0 bridgehead atoms. The summed E-state index contributed by atoms with van der Waals surface area (Å²) in [7, 11) is -1.80. The molecule has 0 fully saturated rings. The maximum atomic E-state index is 11.6. The van der Waals surface area contributed by atoms with Gasteiger partial charge in [-0.15, -0.1) is 5.10 Å². The Morgan fingerprint density at radius 3 is 2.91 bits per heavy atom. The molecule has 1 aromatic carbocycles. The van der Waals surface area contributed by atoms with Crippen LogP contribution in [0.2, 0.25) is 0 Å². The average Bonchev–Trinajstić information content (AvgIpc) is 3.18. The van der Waals surface area contributed by atoms with Gasteiger partial charge in [0.15, 0.2) is 17.1 Å². The Morgan fingerprint density at radius 2 is 2.17 bits per heavy atom. The number of sulfone groups is 1. The number of nitrogens with zero attached hydrogens (tertiary/aromatic N) is 3. The molecular formula is C14H11N3O4S2. The molecule has 0 radical (unpaired) electrons. The molecule has 118 valence electrons. The molecule has 0 aliphatic heterocycles. The van der Waals surface area contributed by atoms with Crippen molar-refractivity contribution in [1.29, 1.82) is 0 Å². The van der Waals surface area contributed by atoms with Crippen LogP contribution < -0.4 is 4.74 Å². The lowest BCUT2D eigenvalue weighted by Crippen LogP contribution is -1.97. The molecular weight excluding hydrogens is 338 g/mol. The van der Waals surface area contributed by atoms with Crippen molar-refractivity contribution < 1.29 is 17.6 Å². The van der Waals surface area contributed by atoms with Gasteiger partial charge in [0, 0.05) is 11.6 Å². The molecule has 9 heteroatoms. The van der Waals surface area contributed by atoms with E-state index in [1.807, 2.05) is 24.3 Å². The highest BCUT2D eigenvalue weighted by molar-refractivity contribution is 7.92. The zero-order chi connectivity index (χ0) is 16.2. The van der Waals surface area contributed by atoms with E-state index in [-0.39, 0.29) is 4.34 Å². The van der Waals surface area contributed by atoms with Crippen molar-refractivity contribution in [2.75, 3.05) is 13.4 Å².